The Bertz CT molecular complexity index is 498. The highest BCUT2D eigenvalue weighted by molar-refractivity contribution is 7.13. The molecule has 1 aromatic rings. The van der Waals surface area contributed by atoms with Gasteiger partial charge in [0.15, 0.2) is 0 Å². The van der Waals surface area contributed by atoms with Crippen molar-refractivity contribution < 1.29 is 14.7 Å². The van der Waals surface area contributed by atoms with Gasteiger partial charge in [0.25, 0.3) is 5.91 Å². The lowest BCUT2D eigenvalue weighted by molar-refractivity contribution is -0.142. The maximum atomic E-state index is 12.2. The van der Waals surface area contributed by atoms with Crippen molar-refractivity contribution in [2.24, 2.45) is 5.92 Å². The normalized spacial score (nSPS) is 22.4. The molecule has 0 aromatic carbocycles. The summed E-state index contributed by atoms with van der Waals surface area (Å²) in [7, 11) is 0. The summed E-state index contributed by atoms with van der Waals surface area (Å²) in [5, 5.41) is 12.9. The van der Waals surface area contributed by atoms with Gasteiger partial charge in [0.05, 0.1) is 16.6 Å². The second-order valence-corrected chi connectivity index (χ2v) is 5.91. The molecule has 0 saturated heterocycles. The van der Waals surface area contributed by atoms with E-state index in [2.05, 4.69) is 10.3 Å². The van der Waals surface area contributed by atoms with Gasteiger partial charge in [-0.15, -0.1) is 11.3 Å². The number of carboxylic acid groups (broad SMARTS) is 1. The van der Waals surface area contributed by atoms with Gasteiger partial charge in [-0.25, -0.2) is 4.98 Å². The molecule has 104 valence electrons. The van der Waals surface area contributed by atoms with Gasteiger partial charge >= 0.3 is 5.97 Å². The third-order valence-electron chi connectivity index (χ3n) is 3.50. The molecule has 1 aliphatic rings. The highest BCUT2D eigenvalue weighted by Crippen LogP contribution is 2.27. The third kappa shape index (κ3) is 2.94. The van der Waals surface area contributed by atoms with Gasteiger partial charge < -0.3 is 10.4 Å². The first-order valence-corrected chi connectivity index (χ1v) is 7.34. The molecule has 1 aromatic heterocycles. The monoisotopic (exact) mass is 282 g/mol. The molecule has 0 spiro atoms. The average molecular weight is 282 g/mol. The van der Waals surface area contributed by atoms with Crippen molar-refractivity contribution in [3.8, 4) is 0 Å². The van der Waals surface area contributed by atoms with Crippen molar-refractivity contribution in [2.75, 3.05) is 0 Å². The van der Waals surface area contributed by atoms with E-state index in [0.29, 0.717) is 11.3 Å². The largest absolute Gasteiger partial charge is 0.481 e. The van der Waals surface area contributed by atoms with Crippen LogP contribution in [0, 0.1) is 12.8 Å². The number of aromatic nitrogens is 1. The van der Waals surface area contributed by atoms with E-state index in [1.165, 1.54) is 11.3 Å². The Balaban J connectivity index is 2.08. The van der Waals surface area contributed by atoms with Crippen LogP contribution in [-0.2, 0) is 11.2 Å². The highest BCUT2D eigenvalue weighted by atomic mass is 32.1. The fraction of sp³-hybridized carbons (Fsp3) is 0.615. The molecule has 2 atom stereocenters. The molecule has 0 bridgehead atoms. The molecule has 6 heteroatoms. The lowest BCUT2D eigenvalue weighted by Gasteiger charge is -2.17. The van der Waals surface area contributed by atoms with Gasteiger partial charge in [0.2, 0.25) is 0 Å². The van der Waals surface area contributed by atoms with Crippen molar-refractivity contribution in [2.45, 2.75) is 45.6 Å². The zero-order valence-electron chi connectivity index (χ0n) is 11.1. The number of hydrogen-bond acceptors (Lipinski definition) is 4. The minimum absolute atomic E-state index is 0.187. The van der Waals surface area contributed by atoms with Crippen molar-refractivity contribution in [1.29, 1.82) is 0 Å². The molecule has 2 N–H and O–H groups in total. The Morgan fingerprint density at radius 2 is 2.21 bits per heavy atom. The number of thiazole rings is 1. The van der Waals surface area contributed by atoms with Crippen molar-refractivity contribution in [3.63, 3.8) is 0 Å². The van der Waals surface area contributed by atoms with Gasteiger partial charge in [-0.2, -0.15) is 0 Å². The third-order valence-corrected chi connectivity index (χ3v) is 4.80. The van der Waals surface area contributed by atoms with E-state index in [1.54, 1.807) is 0 Å². The van der Waals surface area contributed by atoms with Crippen LogP contribution in [0.25, 0.3) is 0 Å². The predicted octanol–water partition coefficient (Wildman–Crippen LogP) is 2.00. The van der Waals surface area contributed by atoms with Crippen LogP contribution < -0.4 is 5.32 Å². The molecular weight excluding hydrogens is 264 g/mol. The lowest BCUT2D eigenvalue weighted by Crippen LogP contribution is -2.40. The van der Waals surface area contributed by atoms with Gasteiger partial charge in [-0.3, -0.25) is 9.59 Å². The minimum atomic E-state index is -0.821. The van der Waals surface area contributed by atoms with Crippen LogP contribution in [0.4, 0.5) is 0 Å². The Morgan fingerprint density at radius 1 is 1.47 bits per heavy atom. The van der Waals surface area contributed by atoms with Crippen LogP contribution in [0.15, 0.2) is 0 Å². The van der Waals surface area contributed by atoms with E-state index in [-0.39, 0.29) is 11.9 Å². The molecule has 1 heterocycles. The maximum absolute atomic E-state index is 12.2. The van der Waals surface area contributed by atoms with Gasteiger partial charge in [0, 0.05) is 6.04 Å². The van der Waals surface area contributed by atoms with Gasteiger partial charge in [-0.1, -0.05) is 13.3 Å². The number of carbonyl (C=O) groups excluding carboxylic acids is 1. The number of carboxylic acids is 1. The zero-order valence-corrected chi connectivity index (χ0v) is 11.9. The van der Waals surface area contributed by atoms with Crippen LogP contribution in [0.5, 0.6) is 0 Å². The highest BCUT2D eigenvalue weighted by Gasteiger charge is 2.34. The fourth-order valence-corrected chi connectivity index (χ4v) is 3.38. The predicted molar refractivity (Wildman–Crippen MR) is 72.5 cm³/mol. The molecule has 1 amide bonds. The number of rotatable bonds is 4. The summed E-state index contributed by atoms with van der Waals surface area (Å²) in [5.41, 5.74) is 0.726. The molecule has 5 nitrogen and oxygen atoms in total. The summed E-state index contributed by atoms with van der Waals surface area (Å²) in [6.07, 6.45) is 3.03. The van der Waals surface area contributed by atoms with E-state index in [9.17, 15) is 9.59 Å². The number of nitrogens with zero attached hydrogens (tertiary/aromatic N) is 1. The Labute approximate surface area is 116 Å². The van der Waals surface area contributed by atoms with E-state index >= 15 is 0 Å². The molecule has 1 fully saturated rings. The second-order valence-electron chi connectivity index (χ2n) is 4.83. The second kappa shape index (κ2) is 5.69. The summed E-state index contributed by atoms with van der Waals surface area (Å²) < 4.78 is 0. The summed E-state index contributed by atoms with van der Waals surface area (Å²) in [4.78, 5) is 28.2. The first-order chi connectivity index (χ1) is 9.02. The summed E-state index contributed by atoms with van der Waals surface area (Å²) in [5.74, 6) is -1.46. The number of carbonyl (C=O) groups is 2. The first-order valence-electron chi connectivity index (χ1n) is 6.53. The van der Waals surface area contributed by atoms with Crippen molar-refractivity contribution in [3.05, 3.63) is 15.6 Å². The summed E-state index contributed by atoms with van der Waals surface area (Å²) in [6, 6.07) is -0.253. The molecule has 1 aliphatic carbocycles. The lowest BCUT2D eigenvalue weighted by atomic mass is 10.0. The fourth-order valence-electron chi connectivity index (χ4n) is 2.48. The standard InChI is InChI=1S/C13H18N2O3S/c1-3-10-14-7(2)11(19-10)12(16)15-9-6-4-5-8(9)13(17)18/h8-9H,3-6H2,1-2H3,(H,15,16)(H,17,18)/t8-,9+/m0/s1. The number of nitrogens with one attached hydrogen (secondary N) is 1. The Kier molecular flexibility index (Phi) is 4.19. The number of aliphatic carboxylic acids is 1. The number of aryl methyl sites for hydroxylation is 2. The SMILES string of the molecule is CCc1nc(C)c(C(=O)N[C@@H]2CCC[C@@H]2C(=O)O)s1. The molecule has 19 heavy (non-hydrogen) atoms. The summed E-state index contributed by atoms with van der Waals surface area (Å²) in [6.45, 7) is 3.81. The van der Waals surface area contributed by atoms with Gasteiger partial charge in [-0.05, 0) is 26.2 Å². The van der Waals surface area contributed by atoms with Crippen LogP contribution in [0.2, 0.25) is 0 Å². The molecule has 0 radical (unpaired) electrons. The maximum Gasteiger partial charge on any atom is 0.308 e. The quantitative estimate of drug-likeness (QED) is 0.885. The van der Waals surface area contributed by atoms with E-state index in [0.717, 1.165) is 30.0 Å². The summed E-state index contributed by atoms with van der Waals surface area (Å²) >= 11 is 1.39. The van der Waals surface area contributed by atoms with Crippen LogP contribution >= 0.6 is 11.3 Å². The number of amides is 1. The molecule has 0 aliphatic heterocycles. The smallest absolute Gasteiger partial charge is 0.308 e. The molecule has 0 unspecified atom stereocenters. The minimum Gasteiger partial charge on any atom is -0.481 e. The van der Waals surface area contributed by atoms with Crippen molar-refractivity contribution in [1.82, 2.24) is 10.3 Å². The molecule has 2 rings (SSSR count). The van der Waals surface area contributed by atoms with Crippen LogP contribution in [-0.4, -0.2) is 28.0 Å². The first kappa shape index (κ1) is 14.0. The van der Waals surface area contributed by atoms with E-state index < -0.39 is 11.9 Å². The topological polar surface area (TPSA) is 79.3 Å². The van der Waals surface area contributed by atoms with Crippen LogP contribution in [0.1, 0.15) is 46.6 Å². The van der Waals surface area contributed by atoms with Crippen LogP contribution in [0.3, 0.4) is 0 Å². The van der Waals surface area contributed by atoms with Crippen molar-refractivity contribution >= 4 is 23.2 Å². The zero-order chi connectivity index (χ0) is 14.0. The van der Waals surface area contributed by atoms with E-state index in [1.807, 2.05) is 13.8 Å². The number of hydrogen-bond donors (Lipinski definition) is 2. The average Bonchev–Trinajstić information content (AvgIpc) is 2.95. The Morgan fingerprint density at radius 3 is 2.79 bits per heavy atom. The van der Waals surface area contributed by atoms with Gasteiger partial charge in [0.1, 0.15) is 4.88 Å². The van der Waals surface area contributed by atoms with E-state index in [4.69, 9.17) is 5.11 Å². The molecular formula is C13H18N2O3S. The molecule has 1 saturated carbocycles. The Hall–Kier alpha value is -1.43.